The fraction of sp³-hybridized carbons (Fsp3) is 0.318. The van der Waals surface area contributed by atoms with Crippen molar-refractivity contribution in [1.82, 2.24) is 20.2 Å². The van der Waals surface area contributed by atoms with Crippen LogP contribution in [0.15, 0.2) is 61.1 Å². The van der Waals surface area contributed by atoms with Crippen molar-refractivity contribution < 1.29 is 4.79 Å². The van der Waals surface area contributed by atoms with E-state index in [0.29, 0.717) is 6.54 Å². The predicted molar refractivity (Wildman–Crippen MR) is 111 cm³/mol. The van der Waals surface area contributed by atoms with Crippen LogP contribution < -0.4 is 10.2 Å². The molecule has 0 radical (unpaired) electrons. The molecule has 1 N–H and O–H groups in total. The lowest BCUT2D eigenvalue weighted by atomic mass is 10.0. The van der Waals surface area contributed by atoms with E-state index in [2.05, 4.69) is 55.4 Å². The molecule has 0 aliphatic carbocycles. The second-order valence-corrected chi connectivity index (χ2v) is 7.22. The summed E-state index contributed by atoms with van der Waals surface area (Å²) in [5, 5.41) is 5.54. The van der Waals surface area contributed by atoms with Crippen LogP contribution in [0, 0.1) is 0 Å². The van der Waals surface area contributed by atoms with Crippen LogP contribution in [0.3, 0.4) is 0 Å². The number of hydrogen-bond donors (Lipinski definition) is 1. The Morgan fingerprint density at radius 1 is 1.07 bits per heavy atom. The topological polar surface area (TPSA) is 61.4 Å². The quantitative estimate of drug-likeness (QED) is 0.743. The van der Waals surface area contributed by atoms with Crippen molar-refractivity contribution in [3.05, 3.63) is 66.6 Å². The van der Waals surface area contributed by atoms with Gasteiger partial charge in [0.05, 0.1) is 18.8 Å². The third kappa shape index (κ3) is 4.28. The number of piperazine rings is 1. The van der Waals surface area contributed by atoms with Crippen molar-refractivity contribution in [1.29, 1.82) is 0 Å². The number of amides is 1. The molecule has 1 unspecified atom stereocenters. The number of carbonyl (C=O) groups excluding carboxylic acids is 1. The molecule has 3 aromatic rings. The Labute approximate surface area is 165 Å². The van der Waals surface area contributed by atoms with Gasteiger partial charge in [0.15, 0.2) is 0 Å². The molecule has 1 fully saturated rings. The number of aromatic nitrogens is 2. The number of nitrogens with one attached hydrogen (secondary N) is 1. The Morgan fingerprint density at radius 2 is 1.86 bits per heavy atom. The van der Waals surface area contributed by atoms with Crippen molar-refractivity contribution in [2.45, 2.75) is 13.0 Å². The van der Waals surface area contributed by atoms with Crippen molar-refractivity contribution >= 4 is 22.5 Å². The van der Waals surface area contributed by atoms with Crippen LogP contribution in [0.5, 0.6) is 0 Å². The molecule has 1 saturated heterocycles. The monoisotopic (exact) mass is 375 g/mol. The summed E-state index contributed by atoms with van der Waals surface area (Å²) in [6, 6.07) is 14.6. The first-order valence-electron chi connectivity index (χ1n) is 9.70. The second-order valence-electron chi connectivity index (χ2n) is 7.22. The van der Waals surface area contributed by atoms with E-state index in [4.69, 9.17) is 0 Å². The van der Waals surface area contributed by atoms with E-state index in [1.807, 2.05) is 19.1 Å². The van der Waals surface area contributed by atoms with E-state index in [1.54, 1.807) is 18.6 Å². The summed E-state index contributed by atoms with van der Waals surface area (Å²) >= 11 is 0. The molecule has 1 aliphatic heterocycles. The fourth-order valence-electron chi connectivity index (χ4n) is 3.64. The summed E-state index contributed by atoms with van der Waals surface area (Å²) in [5.41, 5.74) is 1.12. The Bertz CT molecular complexity index is 938. The number of benzene rings is 2. The molecule has 28 heavy (non-hydrogen) atoms. The van der Waals surface area contributed by atoms with Crippen LogP contribution in [0.25, 0.3) is 10.8 Å². The fourth-order valence-corrected chi connectivity index (χ4v) is 3.64. The van der Waals surface area contributed by atoms with Crippen LogP contribution in [0.4, 0.5) is 5.82 Å². The lowest BCUT2D eigenvalue weighted by molar-refractivity contribution is -0.123. The van der Waals surface area contributed by atoms with Gasteiger partial charge >= 0.3 is 0 Å². The van der Waals surface area contributed by atoms with Gasteiger partial charge in [0, 0.05) is 38.6 Å². The maximum Gasteiger partial charge on any atom is 0.234 e. The molecule has 1 aliphatic rings. The van der Waals surface area contributed by atoms with Gasteiger partial charge in [0.1, 0.15) is 5.82 Å². The van der Waals surface area contributed by atoms with Crippen LogP contribution >= 0.6 is 0 Å². The average molecular weight is 375 g/mol. The highest BCUT2D eigenvalue weighted by Gasteiger charge is 2.20. The predicted octanol–water partition coefficient (Wildman–Crippen LogP) is 2.63. The Hall–Kier alpha value is -2.99. The van der Waals surface area contributed by atoms with Gasteiger partial charge in [-0.25, -0.2) is 4.98 Å². The Morgan fingerprint density at radius 3 is 2.61 bits per heavy atom. The molecule has 0 saturated carbocycles. The molecule has 4 rings (SSSR count). The number of hydrogen-bond acceptors (Lipinski definition) is 5. The summed E-state index contributed by atoms with van der Waals surface area (Å²) in [6.45, 7) is 5.85. The van der Waals surface area contributed by atoms with Gasteiger partial charge in [-0.15, -0.1) is 0 Å². The van der Waals surface area contributed by atoms with Gasteiger partial charge in [-0.05, 0) is 29.3 Å². The van der Waals surface area contributed by atoms with E-state index in [0.717, 1.165) is 37.6 Å². The third-order valence-corrected chi connectivity index (χ3v) is 5.26. The average Bonchev–Trinajstić information content (AvgIpc) is 2.74. The molecule has 6 nitrogen and oxygen atoms in total. The van der Waals surface area contributed by atoms with Crippen molar-refractivity contribution in [2.24, 2.45) is 0 Å². The minimum absolute atomic E-state index is 0.0158. The molecule has 6 heteroatoms. The molecule has 144 valence electrons. The summed E-state index contributed by atoms with van der Waals surface area (Å²) < 4.78 is 0. The van der Waals surface area contributed by atoms with Gasteiger partial charge in [0.25, 0.3) is 0 Å². The second kappa shape index (κ2) is 8.35. The maximum atomic E-state index is 12.5. The number of carbonyl (C=O) groups is 1. The van der Waals surface area contributed by atoms with Crippen molar-refractivity contribution in [2.75, 3.05) is 37.6 Å². The largest absolute Gasteiger partial charge is 0.353 e. The summed E-state index contributed by atoms with van der Waals surface area (Å²) in [7, 11) is 0. The van der Waals surface area contributed by atoms with Gasteiger partial charge in [-0.1, -0.05) is 36.4 Å². The van der Waals surface area contributed by atoms with E-state index < -0.39 is 0 Å². The van der Waals surface area contributed by atoms with E-state index in [-0.39, 0.29) is 11.9 Å². The molecule has 1 atom stereocenters. The standard InChI is InChI=1S/C22H25N5O/c1-17(19-7-6-18-4-2-3-5-20(18)14-19)25-22(28)16-26-10-12-27(13-11-26)21-15-23-8-9-24-21/h2-9,14-15,17H,10-13,16H2,1H3,(H,25,28). The van der Waals surface area contributed by atoms with Crippen molar-refractivity contribution in [3.8, 4) is 0 Å². The minimum Gasteiger partial charge on any atom is -0.353 e. The summed E-state index contributed by atoms with van der Waals surface area (Å²) in [5.74, 6) is 0.963. The number of fused-ring (bicyclic) bond motifs is 1. The summed E-state index contributed by atoms with van der Waals surface area (Å²) in [6.07, 6.45) is 5.18. The highest BCUT2D eigenvalue weighted by molar-refractivity contribution is 5.83. The lowest BCUT2D eigenvalue weighted by Gasteiger charge is -2.34. The smallest absolute Gasteiger partial charge is 0.234 e. The van der Waals surface area contributed by atoms with Gasteiger partial charge in [-0.3, -0.25) is 14.7 Å². The molecular formula is C22H25N5O. The number of nitrogens with zero attached hydrogens (tertiary/aromatic N) is 4. The minimum atomic E-state index is -0.0158. The van der Waals surface area contributed by atoms with E-state index in [9.17, 15) is 4.79 Å². The highest BCUT2D eigenvalue weighted by atomic mass is 16.2. The van der Waals surface area contributed by atoms with Crippen LogP contribution in [-0.2, 0) is 4.79 Å². The molecule has 2 heterocycles. The van der Waals surface area contributed by atoms with Crippen LogP contribution in [-0.4, -0.2) is 53.5 Å². The molecule has 0 bridgehead atoms. The lowest BCUT2D eigenvalue weighted by Crippen LogP contribution is -2.50. The SMILES string of the molecule is CC(NC(=O)CN1CCN(c2cnccn2)CC1)c1ccc2ccccc2c1. The first-order valence-corrected chi connectivity index (χ1v) is 9.70. The zero-order valence-electron chi connectivity index (χ0n) is 16.1. The summed E-state index contributed by atoms with van der Waals surface area (Å²) in [4.78, 5) is 25.4. The van der Waals surface area contributed by atoms with Crippen LogP contribution in [0.2, 0.25) is 0 Å². The van der Waals surface area contributed by atoms with E-state index in [1.165, 1.54) is 10.8 Å². The maximum absolute atomic E-state index is 12.5. The first-order chi connectivity index (χ1) is 13.7. The molecule has 0 spiro atoms. The third-order valence-electron chi connectivity index (χ3n) is 5.26. The van der Waals surface area contributed by atoms with Gasteiger partial charge in [-0.2, -0.15) is 0 Å². The zero-order valence-corrected chi connectivity index (χ0v) is 16.1. The molecule has 1 amide bonds. The normalized spacial score (nSPS) is 16.1. The molecule has 1 aromatic heterocycles. The molecular weight excluding hydrogens is 350 g/mol. The zero-order chi connectivity index (χ0) is 19.3. The number of rotatable bonds is 5. The first kappa shape index (κ1) is 18.4. The molecule has 2 aromatic carbocycles. The Balaban J connectivity index is 1.29. The van der Waals surface area contributed by atoms with Gasteiger partial charge in [0.2, 0.25) is 5.91 Å². The highest BCUT2D eigenvalue weighted by Crippen LogP contribution is 2.20. The Kier molecular flexibility index (Phi) is 5.48. The van der Waals surface area contributed by atoms with Gasteiger partial charge < -0.3 is 10.2 Å². The van der Waals surface area contributed by atoms with Crippen molar-refractivity contribution in [3.63, 3.8) is 0 Å². The van der Waals surface area contributed by atoms with E-state index >= 15 is 0 Å². The van der Waals surface area contributed by atoms with Crippen LogP contribution in [0.1, 0.15) is 18.5 Å². The number of anilines is 1.